The first-order chi connectivity index (χ1) is 7.74. The Morgan fingerprint density at radius 3 is 3.06 bits per heavy atom. The smallest absolute Gasteiger partial charge is 0.317 e. The van der Waals surface area contributed by atoms with Crippen LogP contribution in [0.15, 0.2) is 0 Å². The molecule has 1 heterocycles. The molecule has 0 radical (unpaired) electrons. The average Bonchev–Trinajstić information content (AvgIpc) is 2.30. The number of nitrogens with one attached hydrogen (secondary N) is 2. The number of hydrogen-bond acceptors (Lipinski definition) is 3. The molecule has 0 bridgehead atoms. The molecule has 0 aromatic carbocycles. The number of ether oxygens (including phenoxy) is 1. The number of hydrogen-bond donors (Lipinski definition) is 2. The lowest BCUT2D eigenvalue weighted by atomic mass is 10.3. The number of amides is 2. The molecule has 2 N–H and O–H groups in total. The lowest BCUT2D eigenvalue weighted by Crippen LogP contribution is -2.48. The van der Waals surface area contributed by atoms with Crippen molar-refractivity contribution in [1.82, 2.24) is 15.5 Å². The van der Waals surface area contributed by atoms with Crippen molar-refractivity contribution >= 4 is 6.03 Å². The molecule has 1 rings (SSSR count). The molecule has 94 valence electrons. The zero-order chi connectivity index (χ0) is 11.8. The summed E-state index contributed by atoms with van der Waals surface area (Å²) in [6, 6.07) is -0.0115. The van der Waals surface area contributed by atoms with E-state index >= 15 is 0 Å². The number of likely N-dealkylation sites (N-methyl/N-ethyl adjacent to an activating group) is 1. The number of unbranched alkanes of at least 4 members (excludes halogenated alkanes) is 1. The maximum Gasteiger partial charge on any atom is 0.317 e. The number of carbonyl (C=O) groups excluding carboxylic acids is 1. The highest BCUT2D eigenvalue weighted by Crippen LogP contribution is 1.98. The molecule has 5 heteroatoms. The minimum Gasteiger partial charge on any atom is -0.374 e. The van der Waals surface area contributed by atoms with Crippen molar-refractivity contribution in [2.75, 3.05) is 39.8 Å². The predicted molar refractivity (Wildman–Crippen MR) is 63.5 cm³/mol. The van der Waals surface area contributed by atoms with Gasteiger partial charge < -0.3 is 20.3 Å². The summed E-state index contributed by atoms with van der Waals surface area (Å²) >= 11 is 0. The van der Waals surface area contributed by atoms with Crippen molar-refractivity contribution < 1.29 is 9.53 Å². The van der Waals surface area contributed by atoms with Crippen LogP contribution < -0.4 is 10.6 Å². The minimum atomic E-state index is -0.0115. The minimum absolute atomic E-state index is 0.0115. The van der Waals surface area contributed by atoms with Crippen LogP contribution in [-0.2, 0) is 4.74 Å². The highest BCUT2D eigenvalue weighted by molar-refractivity contribution is 5.73. The monoisotopic (exact) mass is 229 g/mol. The molecular weight excluding hydrogens is 206 g/mol. The molecule has 1 saturated heterocycles. The molecule has 5 nitrogen and oxygen atoms in total. The van der Waals surface area contributed by atoms with E-state index in [0.717, 1.165) is 39.1 Å². The van der Waals surface area contributed by atoms with Crippen LogP contribution in [0.4, 0.5) is 4.79 Å². The highest BCUT2D eigenvalue weighted by atomic mass is 16.5. The lowest BCUT2D eigenvalue weighted by molar-refractivity contribution is 0.0155. The Hall–Kier alpha value is -0.810. The van der Waals surface area contributed by atoms with Gasteiger partial charge in [0.15, 0.2) is 0 Å². The van der Waals surface area contributed by atoms with Gasteiger partial charge in [-0.05, 0) is 6.42 Å². The van der Waals surface area contributed by atoms with Crippen molar-refractivity contribution in [2.45, 2.75) is 25.9 Å². The van der Waals surface area contributed by atoms with E-state index in [0.29, 0.717) is 6.54 Å². The van der Waals surface area contributed by atoms with E-state index in [1.54, 1.807) is 11.9 Å². The highest BCUT2D eigenvalue weighted by Gasteiger charge is 2.17. The molecule has 0 saturated carbocycles. The molecule has 0 aromatic rings. The Bertz CT molecular complexity index is 205. The van der Waals surface area contributed by atoms with E-state index in [1.165, 1.54) is 0 Å². The number of urea groups is 1. The zero-order valence-corrected chi connectivity index (χ0v) is 10.3. The van der Waals surface area contributed by atoms with Crippen LogP contribution in [-0.4, -0.2) is 56.9 Å². The maximum absolute atomic E-state index is 11.6. The van der Waals surface area contributed by atoms with Crippen molar-refractivity contribution in [1.29, 1.82) is 0 Å². The molecule has 0 spiro atoms. The van der Waals surface area contributed by atoms with Gasteiger partial charge in [-0.25, -0.2) is 4.79 Å². The van der Waals surface area contributed by atoms with Crippen LogP contribution in [0.5, 0.6) is 0 Å². The second-order valence-electron chi connectivity index (χ2n) is 4.16. The van der Waals surface area contributed by atoms with Gasteiger partial charge in [0.05, 0.1) is 12.7 Å². The van der Waals surface area contributed by atoms with Gasteiger partial charge in [-0.15, -0.1) is 0 Å². The molecule has 2 amide bonds. The summed E-state index contributed by atoms with van der Waals surface area (Å²) in [5, 5.41) is 6.13. The first kappa shape index (κ1) is 13.3. The third-order valence-electron chi connectivity index (χ3n) is 2.64. The molecule has 1 fully saturated rings. The average molecular weight is 229 g/mol. The van der Waals surface area contributed by atoms with Crippen LogP contribution in [0.25, 0.3) is 0 Å². The zero-order valence-electron chi connectivity index (χ0n) is 10.3. The molecule has 0 aromatic heterocycles. The third-order valence-corrected chi connectivity index (χ3v) is 2.64. The van der Waals surface area contributed by atoms with E-state index in [4.69, 9.17) is 4.74 Å². The van der Waals surface area contributed by atoms with Crippen molar-refractivity contribution in [2.24, 2.45) is 0 Å². The largest absolute Gasteiger partial charge is 0.374 e. The van der Waals surface area contributed by atoms with Gasteiger partial charge in [0.2, 0.25) is 0 Å². The van der Waals surface area contributed by atoms with Gasteiger partial charge in [-0.2, -0.15) is 0 Å². The third kappa shape index (κ3) is 4.81. The Morgan fingerprint density at radius 2 is 2.44 bits per heavy atom. The topological polar surface area (TPSA) is 53.6 Å². The summed E-state index contributed by atoms with van der Waals surface area (Å²) in [5.41, 5.74) is 0. The molecule has 1 aliphatic heterocycles. The SMILES string of the molecule is CCCCNC(=O)N(C)CC1CNCCO1. The summed E-state index contributed by atoms with van der Waals surface area (Å²) in [5.74, 6) is 0. The van der Waals surface area contributed by atoms with Crippen LogP contribution in [0.3, 0.4) is 0 Å². The van der Waals surface area contributed by atoms with Crippen LogP contribution >= 0.6 is 0 Å². The number of morpholine rings is 1. The summed E-state index contributed by atoms with van der Waals surface area (Å²) in [7, 11) is 1.80. The Labute approximate surface area is 97.5 Å². The molecular formula is C11H23N3O2. The number of nitrogens with zero attached hydrogens (tertiary/aromatic N) is 1. The summed E-state index contributed by atoms with van der Waals surface area (Å²) < 4.78 is 5.54. The van der Waals surface area contributed by atoms with E-state index in [1.807, 2.05) is 0 Å². The Morgan fingerprint density at radius 1 is 1.62 bits per heavy atom. The second kappa shape index (κ2) is 7.46. The summed E-state index contributed by atoms with van der Waals surface area (Å²) in [4.78, 5) is 13.3. The van der Waals surface area contributed by atoms with Crippen molar-refractivity contribution in [3.63, 3.8) is 0 Å². The molecule has 1 aliphatic rings. The number of carbonyl (C=O) groups is 1. The van der Waals surface area contributed by atoms with Crippen LogP contribution in [0.1, 0.15) is 19.8 Å². The first-order valence-corrected chi connectivity index (χ1v) is 6.05. The van der Waals surface area contributed by atoms with E-state index in [9.17, 15) is 4.79 Å². The van der Waals surface area contributed by atoms with E-state index in [-0.39, 0.29) is 12.1 Å². The first-order valence-electron chi connectivity index (χ1n) is 6.05. The van der Waals surface area contributed by atoms with Crippen LogP contribution in [0, 0.1) is 0 Å². The quantitative estimate of drug-likeness (QED) is 0.672. The van der Waals surface area contributed by atoms with E-state index < -0.39 is 0 Å². The fourth-order valence-electron chi connectivity index (χ4n) is 1.63. The lowest BCUT2D eigenvalue weighted by Gasteiger charge is -2.28. The summed E-state index contributed by atoms with van der Waals surface area (Å²) in [6.07, 6.45) is 2.25. The second-order valence-corrected chi connectivity index (χ2v) is 4.16. The number of rotatable bonds is 5. The van der Waals surface area contributed by atoms with Crippen molar-refractivity contribution in [3.05, 3.63) is 0 Å². The standard InChI is InChI=1S/C11H23N3O2/c1-3-4-5-13-11(15)14(2)9-10-8-12-6-7-16-10/h10,12H,3-9H2,1-2H3,(H,13,15). The fraction of sp³-hybridized carbons (Fsp3) is 0.909. The Kier molecular flexibility index (Phi) is 6.18. The fourth-order valence-corrected chi connectivity index (χ4v) is 1.63. The van der Waals surface area contributed by atoms with E-state index in [2.05, 4.69) is 17.6 Å². The van der Waals surface area contributed by atoms with Gasteiger partial charge in [-0.3, -0.25) is 0 Å². The molecule has 1 atom stereocenters. The van der Waals surface area contributed by atoms with Gasteiger partial charge >= 0.3 is 6.03 Å². The predicted octanol–water partition coefficient (Wildman–Crippen LogP) is 0.416. The normalized spacial score (nSPS) is 20.5. The van der Waals surface area contributed by atoms with Gasteiger partial charge in [0, 0.05) is 33.2 Å². The maximum atomic E-state index is 11.6. The summed E-state index contributed by atoms with van der Waals surface area (Å²) in [6.45, 7) is 5.97. The van der Waals surface area contributed by atoms with Gasteiger partial charge in [0.25, 0.3) is 0 Å². The van der Waals surface area contributed by atoms with Crippen molar-refractivity contribution in [3.8, 4) is 0 Å². The molecule has 16 heavy (non-hydrogen) atoms. The van der Waals surface area contributed by atoms with Gasteiger partial charge in [-0.1, -0.05) is 13.3 Å². The molecule has 1 unspecified atom stereocenters. The Balaban J connectivity index is 2.16. The van der Waals surface area contributed by atoms with Crippen LogP contribution in [0.2, 0.25) is 0 Å². The molecule has 0 aliphatic carbocycles. The van der Waals surface area contributed by atoms with Gasteiger partial charge in [0.1, 0.15) is 0 Å².